The van der Waals surface area contributed by atoms with Crippen LogP contribution < -0.4 is 0 Å². The maximum atomic E-state index is 10.9. The highest BCUT2D eigenvalue weighted by molar-refractivity contribution is 8.00. The summed E-state index contributed by atoms with van der Waals surface area (Å²) in [5, 5.41) is 21.7. The van der Waals surface area contributed by atoms with E-state index in [1.165, 1.54) is 0 Å². The van der Waals surface area contributed by atoms with Crippen LogP contribution in [0.5, 0.6) is 5.75 Å². The summed E-state index contributed by atoms with van der Waals surface area (Å²) in [6.45, 7) is 12.6. The number of halogens is 2. The molecule has 3 nitrogen and oxygen atoms in total. The third-order valence-electron chi connectivity index (χ3n) is 4.73. The molecule has 1 N–H and O–H groups in total. The lowest BCUT2D eigenvalue weighted by Gasteiger charge is -2.27. The Morgan fingerprint density at radius 1 is 0.900 bits per heavy atom. The molecule has 0 saturated carbocycles. The van der Waals surface area contributed by atoms with Gasteiger partial charge in [0.2, 0.25) is 0 Å². The van der Waals surface area contributed by atoms with Gasteiger partial charge in [-0.1, -0.05) is 93.9 Å². The first-order valence-corrected chi connectivity index (χ1v) is 12.2. The summed E-state index contributed by atoms with van der Waals surface area (Å²) in [6, 6.07) is 9.74. The summed E-state index contributed by atoms with van der Waals surface area (Å²) >= 11 is 15.3. The molecule has 1 heterocycles. The van der Waals surface area contributed by atoms with E-state index in [1.807, 2.05) is 30.3 Å². The van der Waals surface area contributed by atoms with Crippen LogP contribution in [0.15, 0.2) is 34.7 Å². The van der Waals surface area contributed by atoms with Crippen LogP contribution >= 0.6 is 46.3 Å². The molecule has 160 valence electrons. The number of hydrogen-bond acceptors (Lipinski definition) is 5. The van der Waals surface area contributed by atoms with Crippen molar-refractivity contribution in [2.24, 2.45) is 0 Å². The lowest BCUT2D eigenvalue weighted by atomic mass is 9.78. The summed E-state index contributed by atoms with van der Waals surface area (Å²) in [7, 11) is 0. The van der Waals surface area contributed by atoms with Crippen LogP contribution in [0.4, 0.5) is 0 Å². The Balaban J connectivity index is 1.91. The Labute approximate surface area is 196 Å². The molecule has 0 bridgehead atoms. The second-order valence-electron chi connectivity index (χ2n) is 9.33. The van der Waals surface area contributed by atoms with Crippen molar-refractivity contribution in [1.82, 2.24) is 10.2 Å². The lowest BCUT2D eigenvalue weighted by molar-refractivity contribution is 0.423. The minimum Gasteiger partial charge on any atom is -0.507 e. The van der Waals surface area contributed by atoms with E-state index in [9.17, 15) is 5.11 Å². The van der Waals surface area contributed by atoms with Gasteiger partial charge in [0.05, 0.1) is 10.0 Å². The molecule has 7 heteroatoms. The van der Waals surface area contributed by atoms with E-state index in [2.05, 4.69) is 51.7 Å². The Hall–Kier alpha value is -1.27. The standard InChI is InChI=1S/C23H26Cl2N2OS2/c1-22(2,3)15-10-14(11-16(19(15)28)23(4,5)6)20-26-27-21(30-20)29-12-13-7-8-17(24)18(25)9-13/h7-11,28H,12H2,1-6H3. The number of nitrogens with zero attached hydrogens (tertiary/aromatic N) is 2. The maximum absolute atomic E-state index is 10.9. The Bertz CT molecular complexity index is 1030. The third kappa shape index (κ3) is 5.31. The average molecular weight is 482 g/mol. The Morgan fingerprint density at radius 3 is 2.03 bits per heavy atom. The SMILES string of the molecule is CC(C)(C)c1cc(-c2nnc(SCc3ccc(Cl)c(Cl)c3)s2)cc(C(C)(C)C)c1O. The van der Waals surface area contributed by atoms with Crippen LogP contribution in [0.25, 0.3) is 10.6 Å². The number of aromatic hydroxyl groups is 1. The van der Waals surface area contributed by atoms with Crippen LogP contribution in [0.1, 0.15) is 58.2 Å². The zero-order valence-corrected chi connectivity index (χ0v) is 21.2. The predicted octanol–water partition coefficient (Wildman–Crippen LogP) is 8.10. The smallest absolute Gasteiger partial charge is 0.174 e. The highest BCUT2D eigenvalue weighted by Crippen LogP contribution is 2.43. The van der Waals surface area contributed by atoms with Gasteiger partial charge in [-0.3, -0.25) is 0 Å². The van der Waals surface area contributed by atoms with E-state index in [4.69, 9.17) is 23.2 Å². The zero-order valence-electron chi connectivity index (χ0n) is 18.0. The molecule has 0 spiro atoms. The van der Waals surface area contributed by atoms with Gasteiger partial charge in [-0.25, -0.2) is 0 Å². The van der Waals surface area contributed by atoms with E-state index >= 15 is 0 Å². The number of phenolic OH excluding ortho intramolecular Hbond substituents is 1. The molecule has 30 heavy (non-hydrogen) atoms. The second kappa shape index (κ2) is 8.70. The molecule has 3 rings (SSSR count). The summed E-state index contributed by atoms with van der Waals surface area (Å²) in [5.74, 6) is 1.11. The topological polar surface area (TPSA) is 46.0 Å². The number of phenols is 1. The van der Waals surface area contributed by atoms with Crippen molar-refractivity contribution in [3.05, 3.63) is 57.1 Å². The number of hydrogen-bond donors (Lipinski definition) is 1. The highest BCUT2D eigenvalue weighted by Gasteiger charge is 2.27. The third-order valence-corrected chi connectivity index (χ3v) is 7.64. The van der Waals surface area contributed by atoms with Gasteiger partial charge in [-0.05, 0) is 40.7 Å². The fourth-order valence-corrected chi connectivity index (χ4v) is 5.16. The number of benzene rings is 2. The number of aromatic nitrogens is 2. The van der Waals surface area contributed by atoms with Crippen LogP contribution in [0.3, 0.4) is 0 Å². The molecule has 0 atom stereocenters. The first-order valence-electron chi connectivity index (χ1n) is 9.65. The van der Waals surface area contributed by atoms with Gasteiger partial charge in [0.15, 0.2) is 4.34 Å². The van der Waals surface area contributed by atoms with Crippen molar-refractivity contribution < 1.29 is 5.11 Å². The van der Waals surface area contributed by atoms with E-state index in [0.717, 1.165) is 37.4 Å². The lowest BCUT2D eigenvalue weighted by Crippen LogP contribution is -2.17. The van der Waals surface area contributed by atoms with E-state index in [1.54, 1.807) is 23.1 Å². The molecule has 3 aromatic rings. The molecule has 0 amide bonds. The molecule has 0 fully saturated rings. The first-order chi connectivity index (χ1) is 13.9. The van der Waals surface area contributed by atoms with Crippen molar-refractivity contribution >= 4 is 46.3 Å². The van der Waals surface area contributed by atoms with Gasteiger partial charge in [0, 0.05) is 22.4 Å². The quantitative estimate of drug-likeness (QED) is 0.383. The van der Waals surface area contributed by atoms with Gasteiger partial charge in [-0.2, -0.15) is 0 Å². The molecule has 0 aliphatic rings. The molecule has 2 aromatic carbocycles. The summed E-state index contributed by atoms with van der Waals surface area (Å²) in [6.07, 6.45) is 0. The van der Waals surface area contributed by atoms with Gasteiger partial charge < -0.3 is 5.11 Å². The fraction of sp³-hybridized carbons (Fsp3) is 0.391. The molecular weight excluding hydrogens is 455 g/mol. The molecule has 0 unspecified atom stereocenters. The van der Waals surface area contributed by atoms with Crippen molar-refractivity contribution in [2.75, 3.05) is 0 Å². The largest absolute Gasteiger partial charge is 0.507 e. The van der Waals surface area contributed by atoms with Gasteiger partial charge in [0.25, 0.3) is 0 Å². The summed E-state index contributed by atoms with van der Waals surface area (Å²) in [5.41, 5.74) is 3.55. The van der Waals surface area contributed by atoms with Crippen LogP contribution in [-0.2, 0) is 16.6 Å². The second-order valence-corrected chi connectivity index (χ2v) is 12.3. The average Bonchev–Trinajstić information content (AvgIpc) is 3.10. The van der Waals surface area contributed by atoms with Gasteiger partial charge in [0.1, 0.15) is 10.8 Å². The minimum atomic E-state index is -0.184. The van der Waals surface area contributed by atoms with Crippen molar-refractivity contribution in [2.45, 2.75) is 62.5 Å². The zero-order chi connectivity index (χ0) is 22.3. The van der Waals surface area contributed by atoms with Crippen LogP contribution in [0, 0.1) is 0 Å². The molecule has 1 aromatic heterocycles. The van der Waals surface area contributed by atoms with E-state index in [0.29, 0.717) is 15.8 Å². The van der Waals surface area contributed by atoms with Gasteiger partial charge in [-0.15, -0.1) is 10.2 Å². The summed E-state index contributed by atoms with van der Waals surface area (Å²) < 4.78 is 0.888. The van der Waals surface area contributed by atoms with E-state index < -0.39 is 0 Å². The Kier molecular flexibility index (Phi) is 6.78. The number of thioether (sulfide) groups is 1. The van der Waals surface area contributed by atoms with Crippen LogP contribution in [0.2, 0.25) is 10.0 Å². The minimum absolute atomic E-state index is 0.184. The highest BCUT2D eigenvalue weighted by atomic mass is 35.5. The van der Waals surface area contributed by atoms with Gasteiger partial charge >= 0.3 is 0 Å². The monoisotopic (exact) mass is 480 g/mol. The summed E-state index contributed by atoms with van der Waals surface area (Å²) in [4.78, 5) is 0. The first kappa shape index (κ1) is 23.4. The van der Waals surface area contributed by atoms with Crippen LogP contribution in [-0.4, -0.2) is 15.3 Å². The molecule has 0 saturated heterocycles. The van der Waals surface area contributed by atoms with Crippen molar-refractivity contribution in [3.8, 4) is 16.3 Å². The molecule has 0 aliphatic heterocycles. The molecular formula is C23H26Cl2N2OS2. The van der Waals surface area contributed by atoms with Crippen molar-refractivity contribution in [3.63, 3.8) is 0 Å². The fourth-order valence-electron chi connectivity index (χ4n) is 3.06. The van der Waals surface area contributed by atoms with E-state index in [-0.39, 0.29) is 10.8 Å². The molecule has 0 aliphatic carbocycles. The normalized spacial score (nSPS) is 12.4. The van der Waals surface area contributed by atoms with Crippen molar-refractivity contribution in [1.29, 1.82) is 0 Å². The Morgan fingerprint density at radius 2 is 1.50 bits per heavy atom. The predicted molar refractivity (Wildman–Crippen MR) is 130 cm³/mol. The number of rotatable bonds is 4. The molecule has 0 radical (unpaired) electrons. The maximum Gasteiger partial charge on any atom is 0.174 e.